The minimum Gasteiger partial charge on any atom is -0.467 e. The number of nitrogens with zero attached hydrogens (tertiary/aromatic N) is 2. The van der Waals surface area contributed by atoms with Crippen molar-refractivity contribution in [3.63, 3.8) is 0 Å². The molecule has 1 saturated heterocycles. The smallest absolute Gasteiger partial charge is 0.338 e. The Kier molecular flexibility index (Phi) is 6.87. The van der Waals surface area contributed by atoms with Crippen molar-refractivity contribution in [3.05, 3.63) is 63.2 Å². The number of hydrogen-bond acceptors (Lipinski definition) is 8. The van der Waals surface area contributed by atoms with Gasteiger partial charge < -0.3 is 14.2 Å². The van der Waals surface area contributed by atoms with Crippen molar-refractivity contribution in [2.24, 2.45) is 11.8 Å². The lowest BCUT2D eigenvalue weighted by molar-refractivity contribution is -0.385. The molecule has 10 nitrogen and oxygen atoms in total. The molecule has 2 heterocycles. The van der Waals surface area contributed by atoms with Crippen LogP contribution >= 0.6 is 0 Å². The summed E-state index contributed by atoms with van der Waals surface area (Å²) in [5.74, 6) is 0.138. The Balaban J connectivity index is 1.53. The first-order valence-electron chi connectivity index (χ1n) is 10.9. The van der Waals surface area contributed by atoms with E-state index < -0.39 is 20.9 Å². The van der Waals surface area contributed by atoms with Gasteiger partial charge in [0.1, 0.15) is 12.4 Å². The molecule has 182 valence electrons. The van der Waals surface area contributed by atoms with Crippen LogP contribution in [0, 0.1) is 22.0 Å². The third-order valence-electron chi connectivity index (χ3n) is 5.88. The topological polar surface area (TPSA) is 125 Å². The molecule has 0 saturated carbocycles. The predicted molar refractivity (Wildman–Crippen MR) is 121 cm³/mol. The Morgan fingerprint density at radius 2 is 1.94 bits per heavy atom. The van der Waals surface area contributed by atoms with Gasteiger partial charge in [0, 0.05) is 36.3 Å². The molecule has 2 aliphatic heterocycles. The van der Waals surface area contributed by atoms with Crippen LogP contribution < -0.4 is 4.74 Å². The van der Waals surface area contributed by atoms with Gasteiger partial charge in [0.25, 0.3) is 5.69 Å². The van der Waals surface area contributed by atoms with Crippen LogP contribution in [0.2, 0.25) is 0 Å². The van der Waals surface area contributed by atoms with Crippen molar-refractivity contribution in [2.45, 2.75) is 38.4 Å². The Bertz CT molecular complexity index is 1200. The first-order valence-corrected chi connectivity index (χ1v) is 12.4. The van der Waals surface area contributed by atoms with E-state index >= 15 is 0 Å². The molecule has 2 aliphatic rings. The predicted octanol–water partition coefficient (Wildman–Crippen LogP) is 3.48. The van der Waals surface area contributed by atoms with Crippen LogP contribution in [0.25, 0.3) is 0 Å². The first-order chi connectivity index (χ1) is 16.1. The first kappa shape index (κ1) is 24.1. The van der Waals surface area contributed by atoms with Gasteiger partial charge in [-0.05, 0) is 36.5 Å². The maximum absolute atomic E-state index is 13.2. The van der Waals surface area contributed by atoms with E-state index in [9.17, 15) is 23.3 Å². The van der Waals surface area contributed by atoms with Gasteiger partial charge in [-0.25, -0.2) is 13.2 Å². The molecule has 1 fully saturated rings. The van der Waals surface area contributed by atoms with Gasteiger partial charge in [0.15, 0.2) is 6.79 Å². The van der Waals surface area contributed by atoms with Gasteiger partial charge >= 0.3 is 5.97 Å². The monoisotopic (exact) mass is 490 g/mol. The molecule has 0 aliphatic carbocycles. The fourth-order valence-corrected chi connectivity index (χ4v) is 6.18. The molecule has 11 heteroatoms. The molecule has 0 amide bonds. The zero-order valence-electron chi connectivity index (χ0n) is 18.9. The van der Waals surface area contributed by atoms with E-state index in [4.69, 9.17) is 14.2 Å². The molecule has 4 rings (SSSR count). The Labute approximate surface area is 197 Å². The standard InChI is InChI=1S/C23H26N2O8S/c1-15-6-16(2)11-24(10-15)34(29,30)21-5-3-4-17(9-21)23(26)32-13-19-8-20(25(27)28)7-18-12-31-14-33-22(18)19/h3-5,7-9,15-16H,6,10-14H2,1-2H3. The van der Waals surface area contributed by atoms with Crippen molar-refractivity contribution in [3.8, 4) is 5.75 Å². The van der Waals surface area contributed by atoms with E-state index in [1.165, 1.54) is 40.7 Å². The zero-order chi connectivity index (χ0) is 24.5. The van der Waals surface area contributed by atoms with Crippen LogP contribution in [0.1, 0.15) is 41.8 Å². The van der Waals surface area contributed by atoms with Crippen molar-refractivity contribution >= 4 is 21.7 Å². The van der Waals surface area contributed by atoms with Gasteiger partial charge in [-0.15, -0.1) is 0 Å². The molecular weight excluding hydrogens is 464 g/mol. The summed E-state index contributed by atoms with van der Waals surface area (Å²) in [7, 11) is -3.76. The minimum absolute atomic E-state index is 0.0145. The van der Waals surface area contributed by atoms with Crippen molar-refractivity contribution in [1.82, 2.24) is 4.31 Å². The lowest BCUT2D eigenvalue weighted by Gasteiger charge is -2.34. The average molecular weight is 491 g/mol. The molecule has 0 bridgehead atoms. The molecule has 0 spiro atoms. The van der Waals surface area contributed by atoms with Crippen molar-refractivity contribution in [1.29, 1.82) is 0 Å². The quantitative estimate of drug-likeness (QED) is 0.342. The summed E-state index contributed by atoms with van der Waals surface area (Å²) in [6.07, 6.45) is 0.968. The van der Waals surface area contributed by atoms with E-state index in [1.807, 2.05) is 13.8 Å². The number of carbonyl (C=O) groups excluding carboxylic acids is 1. The van der Waals surface area contributed by atoms with E-state index in [2.05, 4.69) is 0 Å². The highest BCUT2D eigenvalue weighted by Gasteiger charge is 2.32. The van der Waals surface area contributed by atoms with Gasteiger partial charge in [0.2, 0.25) is 10.0 Å². The van der Waals surface area contributed by atoms with E-state index in [0.29, 0.717) is 30.0 Å². The van der Waals surface area contributed by atoms with Crippen LogP contribution in [0.3, 0.4) is 0 Å². The second kappa shape index (κ2) is 9.69. The Hall–Kier alpha value is -3.02. The highest BCUT2D eigenvalue weighted by Crippen LogP contribution is 2.33. The summed E-state index contributed by atoms with van der Waals surface area (Å²) >= 11 is 0. The summed E-state index contributed by atoms with van der Waals surface area (Å²) in [4.78, 5) is 23.5. The number of piperidine rings is 1. The van der Waals surface area contributed by atoms with Gasteiger partial charge in [-0.2, -0.15) is 4.31 Å². The molecule has 2 unspecified atom stereocenters. The molecule has 2 aromatic rings. The number of hydrogen-bond donors (Lipinski definition) is 0. The summed E-state index contributed by atoms with van der Waals surface area (Å²) in [6.45, 7) is 4.76. The van der Waals surface area contributed by atoms with E-state index in [1.54, 1.807) is 0 Å². The number of sulfonamides is 1. The number of rotatable bonds is 6. The molecule has 2 aromatic carbocycles. The summed E-state index contributed by atoms with van der Waals surface area (Å²) < 4.78 is 43.8. The molecule has 0 N–H and O–H groups in total. The lowest BCUT2D eigenvalue weighted by atomic mass is 9.94. The number of ether oxygens (including phenoxy) is 3. The molecule has 34 heavy (non-hydrogen) atoms. The van der Waals surface area contributed by atoms with Gasteiger partial charge in [-0.1, -0.05) is 19.9 Å². The van der Waals surface area contributed by atoms with Crippen LogP contribution in [0.5, 0.6) is 5.75 Å². The average Bonchev–Trinajstić information content (AvgIpc) is 2.81. The largest absolute Gasteiger partial charge is 0.467 e. The Morgan fingerprint density at radius 1 is 1.21 bits per heavy atom. The van der Waals surface area contributed by atoms with E-state index in [0.717, 1.165) is 6.42 Å². The molecule has 2 atom stereocenters. The number of nitro benzene ring substituents is 1. The number of fused-ring (bicyclic) bond motifs is 1. The number of esters is 1. The molecular formula is C23H26N2O8S. The third-order valence-corrected chi connectivity index (χ3v) is 7.71. The maximum Gasteiger partial charge on any atom is 0.338 e. The zero-order valence-corrected chi connectivity index (χ0v) is 19.7. The second-order valence-electron chi connectivity index (χ2n) is 8.83. The highest BCUT2D eigenvalue weighted by molar-refractivity contribution is 7.89. The fraction of sp³-hybridized carbons (Fsp3) is 0.435. The van der Waals surface area contributed by atoms with Crippen molar-refractivity contribution < 1.29 is 32.3 Å². The van der Waals surface area contributed by atoms with Crippen molar-refractivity contribution in [2.75, 3.05) is 19.9 Å². The number of benzene rings is 2. The van der Waals surface area contributed by atoms with Crippen LogP contribution in [0.4, 0.5) is 5.69 Å². The Morgan fingerprint density at radius 3 is 2.65 bits per heavy atom. The van der Waals surface area contributed by atoms with E-state index in [-0.39, 0.29) is 48.0 Å². The summed E-state index contributed by atoms with van der Waals surface area (Å²) in [6, 6.07) is 8.37. The number of non-ortho nitro benzene ring substituents is 1. The third kappa shape index (κ3) is 5.06. The molecule has 0 aromatic heterocycles. The van der Waals surface area contributed by atoms with Gasteiger partial charge in [-0.3, -0.25) is 10.1 Å². The van der Waals surface area contributed by atoms with Crippen LogP contribution in [-0.2, 0) is 32.7 Å². The maximum atomic E-state index is 13.2. The number of nitro groups is 1. The fourth-order valence-electron chi connectivity index (χ4n) is 4.45. The van der Waals surface area contributed by atoms with Crippen LogP contribution in [-0.4, -0.2) is 43.5 Å². The van der Waals surface area contributed by atoms with Crippen LogP contribution in [0.15, 0.2) is 41.3 Å². The van der Waals surface area contributed by atoms with Gasteiger partial charge in [0.05, 0.1) is 22.0 Å². The normalized spacial score (nSPS) is 20.8. The molecule has 0 radical (unpaired) electrons. The highest BCUT2D eigenvalue weighted by atomic mass is 32.2. The SMILES string of the molecule is CC1CC(C)CN(S(=O)(=O)c2cccc(C(=O)OCc3cc([N+](=O)[O-])cc4c3OCOC4)c2)C1. The summed E-state index contributed by atoms with van der Waals surface area (Å²) in [5.41, 5.74) is 0.727. The lowest BCUT2D eigenvalue weighted by Crippen LogP contribution is -2.42. The number of carbonyl (C=O) groups is 1. The minimum atomic E-state index is -3.76. The summed E-state index contributed by atoms with van der Waals surface area (Å²) in [5, 5.41) is 11.3. The second-order valence-corrected chi connectivity index (χ2v) is 10.8.